The molecular weight excluding hydrogens is 314 g/mol. The number of hydrogen-bond acceptors (Lipinski definition) is 3. The number of carbonyl (C=O) groups excluding carboxylic acids is 1. The zero-order valence-corrected chi connectivity index (χ0v) is 14.3. The quantitative estimate of drug-likeness (QED) is 0.685. The average molecular weight is 337 g/mol. The normalized spacial score (nSPS) is 16.8. The molecule has 1 aliphatic rings. The van der Waals surface area contributed by atoms with Crippen LogP contribution < -0.4 is 10.6 Å². The van der Waals surface area contributed by atoms with Crippen molar-refractivity contribution < 1.29 is 4.79 Å². The number of fused-ring (bicyclic) bond motifs is 1. The summed E-state index contributed by atoms with van der Waals surface area (Å²) < 4.78 is 2.11. The number of benzene rings is 1. The molecule has 0 saturated carbocycles. The molecule has 1 fully saturated rings. The smallest absolute Gasteiger partial charge is 0.268 e. The van der Waals surface area contributed by atoms with Crippen molar-refractivity contribution in [2.45, 2.75) is 31.8 Å². The number of nitrogens with zero attached hydrogens (tertiary/aromatic N) is 2. The van der Waals surface area contributed by atoms with Gasteiger partial charge in [-0.1, -0.05) is 12.1 Å². The number of nitrogens with one attached hydrogen (secondary N) is 3. The Labute approximate surface area is 146 Å². The van der Waals surface area contributed by atoms with E-state index in [1.807, 2.05) is 49.5 Å². The first-order valence-corrected chi connectivity index (χ1v) is 8.85. The predicted octanol–water partition coefficient (Wildman–Crippen LogP) is 2.78. The summed E-state index contributed by atoms with van der Waals surface area (Å²) in [5.41, 5.74) is 2.61. The molecule has 4 rings (SSSR count). The third kappa shape index (κ3) is 3.17. The third-order valence-corrected chi connectivity index (χ3v) is 4.88. The van der Waals surface area contributed by atoms with E-state index in [1.54, 1.807) is 0 Å². The van der Waals surface area contributed by atoms with Crippen molar-refractivity contribution in [3.8, 4) is 0 Å². The summed E-state index contributed by atoms with van der Waals surface area (Å²) in [5, 5.41) is 6.44. The zero-order chi connectivity index (χ0) is 17.2. The molecular formula is C19H23N5O. The van der Waals surface area contributed by atoms with E-state index in [2.05, 4.69) is 25.2 Å². The summed E-state index contributed by atoms with van der Waals surface area (Å²) in [6.45, 7) is 3.95. The van der Waals surface area contributed by atoms with Crippen LogP contribution in [-0.2, 0) is 0 Å². The Morgan fingerprint density at radius 1 is 1.24 bits per heavy atom. The predicted molar refractivity (Wildman–Crippen MR) is 97.5 cm³/mol. The Bertz CT molecular complexity index is 842. The standard InChI is InChI=1S/C19H23N5O/c1-13(18-22-15-5-2-3-6-16(15)23-18)21-19(25)17-7-4-12-24(17)14-8-10-20-11-9-14/h2-7,12-14,20H,8-11H2,1H3,(H,21,25)(H,22,23)/t13-/m0/s1. The highest BCUT2D eigenvalue weighted by molar-refractivity contribution is 5.93. The van der Waals surface area contributed by atoms with Gasteiger partial charge < -0.3 is 20.2 Å². The van der Waals surface area contributed by atoms with E-state index in [4.69, 9.17) is 0 Å². The van der Waals surface area contributed by atoms with Crippen LogP contribution in [0.3, 0.4) is 0 Å². The highest BCUT2D eigenvalue weighted by atomic mass is 16.2. The topological polar surface area (TPSA) is 74.7 Å². The maximum absolute atomic E-state index is 12.8. The Morgan fingerprint density at radius 2 is 2.04 bits per heavy atom. The molecule has 0 aliphatic carbocycles. The molecule has 3 heterocycles. The van der Waals surface area contributed by atoms with Crippen LogP contribution >= 0.6 is 0 Å². The minimum Gasteiger partial charge on any atom is -0.341 e. The van der Waals surface area contributed by atoms with E-state index >= 15 is 0 Å². The zero-order valence-electron chi connectivity index (χ0n) is 14.3. The van der Waals surface area contributed by atoms with Crippen LogP contribution in [0, 0.1) is 0 Å². The number of imidazole rings is 1. The number of carbonyl (C=O) groups is 1. The second-order valence-corrected chi connectivity index (χ2v) is 6.62. The monoisotopic (exact) mass is 337 g/mol. The van der Waals surface area contributed by atoms with E-state index in [1.165, 1.54) is 0 Å². The summed E-state index contributed by atoms with van der Waals surface area (Å²) in [6, 6.07) is 11.9. The number of amides is 1. The first kappa shape index (κ1) is 15.9. The lowest BCUT2D eigenvalue weighted by Crippen LogP contribution is -2.33. The SMILES string of the molecule is C[C@H](NC(=O)c1cccn1C1CCNCC1)c1nc2ccccc2[nH]1. The fourth-order valence-electron chi connectivity index (χ4n) is 3.51. The van der Waals surface area contributed by atoms with E-state index in [0.717, 1.165) is 48.5 Å². The van der Waals surface area contributed by atoms with Crippen LogP contribution in [0.4, 0.5) is 0 Å². The molecule has 1 saturated heterocycles. The van der Waals surface area contributed by atoms with Crippen molar-refractivity contribution in [2.24, 2.45) is 0 Å². The van der Waals surface area contributed by atoms with Gasteiger partial charge in [-0.15, -0.1) is 0 Å². The summed E-state index contributed by atoms with van der Waals surface area (Å²) in [6.07, 6.45) is 4.11. The molecule has 0 bridgehead atoms. The summed E-state index contributed by atoms with van der Waals surface area (Å²) in [7, 11) is 0. The number of H-pyrrole nitrogens is 1. The highest BCUT2D eigenvalue weighted by Crippen LogP contribution is 2.22. The Morgan fingerprint density at radius 3 is 2.84 bits per heavy atom. The van der Waals surface area contributed by atoms with Gasteiger partial charge in [0, 0.05) is 12.2 Å². The molecule has 130 valence electrons. The van der Waals surface area contributed by atoms with Crippen molar-refractivity contribution >= 4 is 16.9 Å². The fraction of sp³-hybridized carbons (Fsp3) is 0.368. The van der Waals surface area contributed by atoms with Crippen molar-refractivity contribution in [1.82, 2.24) is 25.2 Å². The molecule has 1 aliphatic heterocycles. The van der Waals surface area contributed by atoms with Crippen LogP contribution in [0.15, 0.2) is 42.6 Å². The van der Waals surface area contributed by atoms with Gasteiger partial charge in [-0.25, -0.2) is 4.98 Å². The van der Waals surface area contributed by atoms with Crippen LogP contribution in [0.1, 0.15) is 48.2 Å². The van der Waals surface area contributed by atoms with Gasteiger partial charge in [-0.2, -0.15) is 0 Å². The highest BCUT2D eigenvalue weighted by Gasteiger charge is 2.21. The molecule has 2 aromatic heterocycles. The second kappa shape index (κ2) is 6.72. The Hall–Kier alpha value is -2.60. The molecule has 1 amide bonds. The van der Waals surface area contributed by atoms with Crippen LogP contribution in [-0.4, -0.2) is 33.5 Å². The van der Waals surface area contributed by atoms with E-state index < -0.39 is 0 Å². The molecule has 0 spiro atoms. The first-order chi connectivity index (χ1) is 12.2. The lowest BCUT2D eigenvalue weighted by molar-refractivity contribution is 0.0925. The van der Waals surface area contributed by atoms with E-state index in [9.17, 15) is 4.79 Å². The number of hydrogen-bond donors (Lipinski definition) is 3. The van der Waals surface area contributed by atoms with Gasteiger partial charge in [0.1, 0.15) is 11.5 Å². The van der Waals surface area contributed by atoms with Crippen molar-refractivity contribution in [3.63, 3.8) is 0 Å². The molecule has 3 N–H and O–H groups in total. The number of aromatic nitrogens is 3. The molecule has 0 unspecified atom stereocenters. The largest absolute Gasteiger partial charge is 0.341 e. The Kier molecular flexibility index (Phi) is 4.28. The van der Waals surface area contributed by atoms with Gasteiger partial charge >= 0.3 is 0 Å². The average Bonchev–Trinajstić information content (AvgIpc) is 3.29. The number of rotatable bonds is 4. The van der Waals surface area contributed by atoms with Crippen LogP contribution in [0.2, 0.25) is 0 Å². The molecule has 6 nitrogen and oxygen atoms in total. The van der Waals surface area contributed by atoms with E-state index in [0.29, 0.717) is 6.04 Å². The lowest BCUT2D eigenvalue weighted by atomic mass is 10.1. The number of aromatic amines is 1. The van der Waals surface area contributed by atoms with Gasteiger partial charge in [0.25, 0.3) is 5.91 Å². The summed E-state index contributed by atoms with van der Waals surface area (Å²) in [5.74, 6) is 0.714. The molecule has 3 aromatic rings. The maximum atomic E-state index is 12.8. The minimum atomic E-state index is -0.184. The van der Waals surface area contributed by atoms with E-state index in [-0.39, 0.29) is 11.9 Å². The van der Waals surface area contributed by atoms with Crippen molar-refractivity contribution in [2.75, 3.05) is 13.1 Å². The summed E-state index contributed by atoms with van der Waals surface area (Å²) >= 11 is 0. The van der Waals surface area contributed by atoms with Gasteiger partial charge in [-0.05, 0) is 57.1 Å². The third-order valence-electron chi connectivity index (χ3n) is 4.88. The van der Waals surface area contributed by atoms with Crippen molar-refractivity contribution in [1.29, 1.82) is 0 Å². The molecule has 1 aromatic carbocycles. The fourth-order valence-corrected chi connectivity index (χ4v) is 3.51. The van der Waals surface area contributed by atoms with Crippen LogP contribution in [0.25, 0.3) is 11.0 Å². The first-order valence-electron chi connectivity index (χ1n) is 8.85. The Balaban J connectivity index is 1.51. The molecule has 25 heavy (non-hydrogen) atoms. The van der Waals surface area contributed by atoms with Crippen molar-refractivity contribution in [3.05, 3.63) is 54.1 Å². The molecule has 1 atom stereocenters. The van der Waals surface area contributed by atoms with Gasteiger partial charge in [-0.3, -0.25) is 4.79 Å². The van der Waals surface area contributed by atoms with Gasteiger partial charge in [0.05, 0.1) is 17.1 Å². The minimum absolute atomic E-state index is 0.0588. The van der Waals surface area contributed by atoms with Crippen LogP contribution in [0.5, 0.6) is 0 Å². The number of para-hydroxylation sites is 2. The lowest BCUT2D eigenvalue weighted by Gasteiger charge is -2.26. The summed E-state index contributed by atoms with van der Waals surface area (Å²) in [4.78, 5) is 20.6. The molecule has 0 radical (unpaired) electrons. The number of piperidine rings is 1. The maximum Gasteiger partial charge on any atom is 0.268 e. The molecule has 6 heteroatoms. The van der Waals surface area contributed by atoms with Gasteiger partial charge in [0.15, 0.2) is 0 Å². The van der Waals surface area contributed by atoms with Gasteiger partial charge in [0.2, 0.25) is 0 Å². The second-order valence-electron chi connectivity index (χ2n) is 6.62.